The number of alkyl halides is 2. The third-order valence-electron chi connectivity index (χ3n) is 7.51. The molecule has 1 amide bonds. The van der Waals surface area contributed by atoms with Gasteiger partial charge in [-0.25, -0.2) is 13.8 Å². The predicted octanol–water partition coefficient (Wildman–Crippen LogP) is 5.63. The molecule has 0 radical (unpaired) electrons. The van der Waals surface area contributed by atoms with Crippen molar-refractivity contribution < 1.29 is 23.2 Å². The number of rotatable bonds is 9. The molecule has 0 unspecified atom stereocenters. The topological polar surface area (TPSA) is 101 Å². The Bertz CT molecular complexity index is 1250. The van der Waals surface area contributed by atoms with Crippen molar-refractivity contribution in [3.63, 3.8) is 0 Å². The third-order valence-corrected chi connectivity index (χ3v) is 7.51. The van der Waals surface area contributed by atoms with E-state index in [0.29, 0.717) is 43.2 Å². The zero-order valence-electron chi connectivity index (χ0n) is 22.0. The summed E-state index contributed by atoms with van der Waals surface area (Å²) in [6.45, 7) is 8.60. The summed E-state index contributed by atoms with van der Waals surface area (Å²) >= 11 is 0. The summed E-state index contributed by atoms with van der Waals surface area (Å²) in [5.74, 6) is 0.706. The minimum absolute atomic E-state index is 0.159. The maximum Gasteiger partial charge on any atom is 0.271 e. The Kier molecular flexibility index (Phi) is 8.17. The maximum atomic E-state index is 14.9. The molecule has 9 nitrogen and oxygen atoms in total. The van der Waals surface area contributed by atoms with E-state index in [9.17, 15) is 23.7 Å². The van der Waals surface area contributed by atoms with Gasteiger partial charge in [-0.05, 0) is 37.5 Å². The Morgan fingerprint density at radius 2 is 1.79 bits per heavy atom. The average molecular weight is 542 g/mol. The van der Waals surface area contributed by atoms with Crippen LogP contribution >= 0.6 is 0 Å². The van der Waals surface area contributed by atoms with Crippen molar-refractivity contribution in [2.24, 2.45) is 0 Å². The summed E-state index contributed by atoms with van der Waals surface area (Å²) in [4.78, 5) is 32.6. The summed E-state index contributed by atoms with van der Waals surface area (Å²) in [7, 11) is 1.51. The second kappa shape index (κ2) is 11.4. The number of nitrogens with zero attached hydrogens (tertiary/aromatic N) is 4. The number of piperidine rings is 2. The first-order valence-electron chi connectivity index (χ1n) is 12.9. The van der Waals surface area contributed by atoms with Crippen LogP contribution in [-0.2, 0) is 0 Å². The van der Waals surface area contributed by atoms with E-state index in [0.717, 1.165) is 0 Å². The molecule has 1 N–H and O–H groups in total. The normalized spacial score (nSPS) is 18.2. The Labute approximate surface area is 226 Å². The fourth-order valence-electron chi connectivity index (χ4n) is 5.07. The minimum Gasteiger partial charge on any atom is -0.493 e. The number of hydrogen-bond donors (Lipinski definition) is 1. The first-order valence-corrected chi connectivity index (χ1v) is 12.9. The fourth-order valence-corrected chi connectivity index (χ4v) is 5.07. The standard InChI is InChI=1S/C28H33F2N5O4/c1-4-10-28(30)13-17-34(18-14-28)25-23(39-3)8-9-24(31-25)32-26(36)21-7-6-20(35(37)38)19-22(21)33-15-11-27(29,5-2)12-16-33/h4-9,19H,1-2,10-18H2,3H3,(H,31,32,36). The van der Waals surface area contributed by atoms with Gasteiger partial charge in [0.05, 0.1) is 23.3 Å². The van der Waals surface area contributed by atoms with Crippen molar-refractivity contribution in [2.45, 2.75) is 43.4 Å². The fraction of sp³-hybridized carbons (Fsp3) is 0.429. The summed E-state index contributed by atoms with van der Waals surface area (Å²) in [6.07, 6.45) is 4.11. The van der Waals surface area contributed by atoms with Crippen molar-refractivity contribution in [1.29, 1.82) is 0 Å². The van der Waals surface area contributed by atoms with Crippen LogP contribution in [-0.4, -0.2) is 60.4 Å². The molecule has 1 aromatic heterocycles. The van der Waals surface area contributed by atoms with Gasteiger partial charge in [0.15, 0.2) is 11.6 Å². The largest absolute Gasteiger partial charge is 0.493 e. The molecule has 2 fully saturated rings. The van der Waals surface area contributed by atoms with E-state index in [-0.39, 0.29) is 49.4 Å². The molecule has 1 aromatic carbocycles. The number of aromatic nitrogens is 1. The van der Waals surface area contributed by atoms with E-state index in [4.69, 9.17) is 4.74 Å². The number of ether oxygens (including phenoxy) is 1. The third kappa shape index (κ3) is 6.18. The molecule has 11 heteroatoms. The number of carbonyl (C=O) groups is 1. The summed E-state index contributed by atoms with van der Waals surface area (Å²) in [5.41, 5.74) is -2.43. The van der Waals surface area contributed by atoms with Crippen LogP contribution < -0.4 is 19.9 Å². The number of benzene rings is 1. The molecule has 3 heterocycles. The van der Waals surface area contributed by atoms with Crippen LogP contribution in [0.5, 0.6) is 5.75 Å². The summed E-state index contributed by atoms with van der Waals surface area (Å²) < 4.78 is 35.1. The number of nitro benzene ring substituents is 1. The SMILES string of the molecule is C=CCC1(F)CCN(c2nc(NC(=O)c3ccc([N+](=O)[O-])cc3N3CCC(F)(C=C)CC3)ccc2OC)CC1. The van der Waals surface area contributed by atoms with Crippen molar-refractivity contribution >= 4 is 28.9 Å². The highest BCUT2D eigenvalue weighted by atomic mass is 19.1. The Hall–Kier alpha value is -4.02. The smallest absolute Gasteiger partial charge is 0.271 e. The summed E-state index contributed by atoms with van der Waals surface area (Å²) in [6, 6.07) is 7.26. The lowest BCUT2D eigenvalue weighted by molar-refractivity contribution is -0.384. The van der Waals surface area contributed by atoms with E-state index < -0.39 is 22.2 Å². The lowest BCUT2D eigenvalue weighted by atomic mass is 9.90. The molecule has 208 valence electrons. The van der Waals surface area contributed by atoms with E-state index in [1.54, 1.807) is 23.1 Å². The van der Waals surface area contributed by atoms with Crippen LogP contribution in [0.2, 0.25) is 0 Å². The van der Waals surface area contributed by atoms with E-state index >= 15 is 0 Å². The number of methoxy groups -OCH3 is 1. The molecule has 0 atom stereocenters. The van der Waals surface area contributed by atoms with Gasteiger partial charge in [-0.2, -0.15) is 0 Å². The predicted molar refractivity (Wildman–Crippen MR) is 147 cm³/mol. The van der Waals surface area contributed by atoms with E-state index in [2.05, 4.69) is 23.5 Å². The summed E-state index contributed by atoms with van der Waals surface area (Å²) in [5, 5.41) is 14.2. The quantitative estimate of drug-likeness (QED) is 0.249. The first kappa shape index (κ1) is 28.0. The molecule has 2 saturated heterocycles. The van der Waals surface area contributed by atoms with Crippen molar-refractivity contribution in [3.05, 3.63) is 71.3 Å². The number of carbonyl (C=O) groups excluding carboxylic acids is 1. The van der Waals surface area contributed by atoms with Crippen LogP contribution in [0.15, 0.2) is 55.6 Å². The highest BCUT2D eigenvalue weighted by Crippen LogP contribution is 2.37. The number of non-ortho nitro benzene ring substituents is 1. The number of nitrogens with one attached hydrogen (secondary N) is 1. The monoisotopic (exact) mass is 541 g/mol. The Morgan fingerprint density at radius 1 is 1.13 bits per heavy atom. The Balaban J connectivity index is 1.57. The minimum atomic E-state index is -1.51. The molecule has 4 rings (SSSR count). The number of nitro groups is 1. The number of amides is 1. The van der Waals surface area contributed by atoms with Gasteiger partial charge < -0.3 is 19.9 Å². The maximum absolute atomic E-state index is 14.9. The second-order valence-corrected chi connectivity index (χ2v) is 9.99. The second-order valence-electron chi connectivity index (χ2n) is 9.99. The number of anilines is 3. The van der Waals surface area contributed by atoms with Gasteiger partial charge in [-0.3, -0.25) is 14.9 Å². The first-order chi connectivity index (χ1) is 18.6. The van der Waals surface area contributed by atoms with Crippen LogP contribution in [0.3, 0.4) is 0 Å². The van der Waals surface area contributed by atoms with Gasteiger partial charge in [0.25, 0.3) is 11.6 Å². The van der Waals surface area contributed by atoms with Crippen LogP contribution in [0, 0.1) is 10.1 Å². The molecule has 2 aliphatic rings. The van der Waals surface area contributed by atoms with E-state index in [1.807, 2.05) is 4.90 Å². The van der Waals surface area contributed by atoms with Gasteiger partial charge in [0.2, 0.25) is 0 Å². The lowest BCUT2D eigenvalue weighted by Crippen LogP contribution is -2.42. The van der Waals surface area contributed by atoms with Gasteiger partial charge in [-0.15, -0.1) is 6.58 Å². The average Bonchev–Trinajstić information content (AvgIpc) is 2.93. The number of hydrogen-bond acceptors (Lipinski definition) is 7. The molecule has 0 aliphatic carbocycles. The molecular weight excluding hydrogens is 508 g/mol. The number of allylic oxidation sites excluding steroid dienone is 2. The lowest BCUT2D eigenvalue weighted by Gasteiger charge is -2.37. The molecule has 39 heavy (non-hydrogen) atoms. The van der Waals surface area contributed by atoms with Gasteiger partial charge in [0.1, 0.15) is 17.2 Å². The molecule has 0 saturated carbocycles. The number of pyridine rings is 1. The van der Waals surface area contributed by atoms with Gasteiger partial charge in [-0.1, -0.05) is 18.7 Å². The van der Waals surface area contributed by atoms with Crippen molar-refractivity contribution in [1.82, 2.24) is 4.98 Å². The molecule has 0 spiro atoms. The molecule has 2 aliphatic heterocycles. The van der Waals surface area contributed by atoms with Crippen LogP contribution in [0.4, 0.5) is 31.8 Å². The zero-order valence-corrected chi connectivity index (χ0v) is 22.0. The number of halogens is 2. The van der Waals surface area contributed by atoms with Crippen LogP contribution in [0.25, 0.3) is 0 Å². The molecular formula is C28H33F2N5O4. The zero-order chi connectivity index (χ0) is 28.2. The highest BCUT2D eigenvalue weighted by Gasteiger charge is 2.35. The van der Waals surface area contributed by atoms with Gasteiger partial charge in [0, 0.05) is 51.2 Å². The van der Waals surface area contributed by atoms with Gasteiger partial charge >= 0.3 is 0 Å². The highest BCUT2D eigenvalue weighted by molar-refractivity contribution is 6.08. The van der Waals surface area contributed by atoms with Crippen molar-refractivity contribution in [3.8, 4) is 5.75 Å². The molecule has 0 bridgehead atoms. The van der Waals surface area contributed by atoms with Crippen LogP contribution in [0.1, 0.15) is 42.5 Å². The van der Waals surface area contributed by atoms with E-state index in [1.165, 1.54) is 31.4 Å². The van der Waals surface area contributed by atoms with Crippen molar-refractivity contribution in [2.75, 3.05) is 48.4 Å². The Morgan fingerprint density at radius 3 is 2.38 bits per heavy atom. The molecule has 2 aromatic rings.